The molecule has 2 aliphatic heterocycles. The van der Waals surface area contributed by atoms with E-state index in [4.69, 9.17) is 0 Å². The number of amides is 1. The van der Waals surface area contributed by atoms with Crippen LogP contribution in [-0.4, -0.2) is 53.5 Å². The minimum Gasteiger partial charge on any atom is -0.361 e. The molecule has 0 bridgehead atoms. The molecule has 31 heavy (non-hydrogen) atoms. The van der Waals surface area contributed by atoms with Crippen molar-refractivity contribution in [1.29, 1.82) is 0 Å². The van der Waals surface area contributed by atoms with Crippen LogP contribution in [0.1, 0.15) is 40.7 Å². The first-order valence-electron chi connectivity index (χ1n) is 11.4. The van der Waals surface area contributed by atoms with Crippen molar-refractivity contribution in [2.75, 3.05) is 32.7 Å². The predicted molar refractivity (Wildman–Crippen MR) is 126 cm³/mol. The van der Waals surface area contributed by atoms with Crippen molar-refractivity contribution in [3.63, 3.8) is 0 Å². The molecule has 0 spiro atoms. The molecule has 1 amide bonds. The Morgan fingerprint density at radius 2 is 1.87 bits per heavy atom. The van der Waals surface area contributed by atoms with Crippen LogP contribution >= 0.6 is 0 Å². The molecule has 5 nitrogen and oxygen atoms in total. The largest absolute Gasteiger partial charge is 0.361 e. The standard InChI is InChI=1S/C26H30N4O/c31-26(21-6-2-1-3-7-21)28-30-16-11-20(12-17-30)22-8-9-25-24(18-22)23(19-27-25)10-15-29-13-4-5-14-29/h1-3,6-9,11,18-19,27H,4-5,10,12-17H2,(H,28,31). The second-order valence-corrected chi connectivity index (χ2v) is 8.61. The third-order valence-corrected chi connectivity index (χ3v) is 6.54. The molecule has 2 aliphatic rings. The lowest BCUT2D eigenvalue weighted by Crippen LogP contribution is -2.44. The van der Waals surface area contributed by atoms with E-state index in [9.17, 15) is 4.79 Å². The lowest BCUT2D eigenvalue weighted by Gasteiger charge is -2.27. The quantitative estimate of drug-likeness (QED) is 0.634. The molecule has 0 unspecified atom stereocenters. The zero-order valence-corrected chi connectivity index (χ0v) is 17.9. The Balaban J connectivity index is 1.25. The number of fused-ring (bicyclic) bond motifs is 1. The Kier molecular flexibility index (Phi) is 5.87. The molecule has 1 fully saturated rings. The summed E-state index contributed by atoms with van der Waals surface area (Å²) >= 11 is 0. The van der Waals surface area contributed by atoms with Gasteiger partial charge in [-0.3, -0.25) is 10.2 Å². The number of nitrogens with zero attached hydrogens (tertiary/aromatic N) is 2. The van der Waals surface area contributed by atoms with E-state index in [0.29, 0.717) is 5.56 Å². The van der Waals surface area contributed by atoms with Crippen LogP contribution in [0.3, 0.4) is 0 Å². The fourth-order valence-electron chi connectivity index (χ4n) is 4.70. The van der Waals surface area contributed by atoms with Crippen LogP contribution in [0, 0.1) is 0 Å². The van der Waals surface area contributed by atoms with E-state index < -0.39 is 0 Å². The maximum Gasteiger partial charge on any atom is 0.265 e. The van der Waals surface area contributed by atoms with Crippen molar-refractivity contribution < 1.29 is 4.79 Å². The fraction of sp³-hybridized carbons (Fsp3) is 0.346. The average Bonchev–Trinajstić information content (AvgIpc) is 3.48. The highest BCUT2D eigenvalue weighted by Crippen LogP contribution is 2.27. The van der Waals surface area contributed by atoms with Crippen molar-refractivity contribution in [1.82, 2.24) is 20.3 Å². The van der Waals surface area contributed by atoms with Gasteiger partial charge in [0, 0.05) is 42.3 Å². The highest BCUT2D eigenvalue weighted by atomic mass is 16.2. The van der Waals surface area contributed by atoms with E-state index in [0.717, 1.165) is 32.5 Å². The Bertz CT molecular complexity index is 1080. The summed E-state index contributed by atoms with van der Waals surface area (Å²) in [5, 5.41) is 3.34. The van der Waals surface area contributed by atoms with Gasteiger partial charge in [0.25, 0.3) is 5.91 Å². The Morgan fingerprint density at radius 3 is 2.65 bits per heavy atom. The van der Waals surface area contributed by atoms with Gasteiger partial charge >= 0.3 is 0 Å². The van der Waals surface area contributed by atoms with Crippen molar-refractivity contribution in [2.24, 2.45) is 0 Å². The summed E-state index contributed by atoms with van der Waals surface area (Å²) in [6.07, 6.45) is 9.13. The molecule has 2 N–H and O–H groups in total. The minimum absolute atomic E-state index is 0.0474. The monoisotopic (exact) mass is 414 g/mol. The topological polar surface area (TPSA) is 51.4 Å². The van der Waals surface area contributed by atoms with Crippen molar-refractivity contribution in [3.05, 3.63) is 77.5 Å². The number of hydrazine groups is 1. The lowest BCUT2D eigenvalue weighted by molar-refractivity contribution is 0.0806. The van der Waals surface area contributed by atoms with Crippen LogP contribution in [0.15, 0.2) is 60.8 Å². The van der Waals surface area contributed by atoms with Gasteiger partial charge in [0.1, 0.15) is 0 Å². The predicted octanol–water partition coefficient (Wildman–Crippen LogP) is 4.24. The smallest absolute Gasteiger partial charge is 0.265 e. The number of likely N-dealkylation sites (tertiary alicyclic amines) is 1. The number of hydrogen-bond donors (Lipinski definition) is 2. The highest BCUT2D eigenvalue weighted by Gasteiger charge is 2.17. The number of aromatic nitrogens is 1. The number of carbonyl (C=O) groups is 1. The summed E-state index contributed by atoms with van der Waals surface area (Å²) in [6.45, 7) is 5.18. The van der Waals surface area contributed by atoms with Crippen molar-refractivity contribution in [2.45, 2.75) is 25.7 Å². The molecule has 0 radical (unpaired) electrons. The molecule has 0 saturated carbocycles. The van der Waals surface area contributed by atoms with E-state index in [1.165, 1.54) is 53.5 Å². The van der Waals surface area contributed by atoms with Gasteiger partial charge in [-0.15, -0.1) is 0 Å². The van der Waals surface area contributed by atoms with E-state index in [1.54, 1.807) is 0 Å². The molecule has 0 aliphatic carbocycles. The van der Waals surface area contributed by atoms with Crippen LogP contribution < -0.4 is 5.43 Å². The normalized spacial score (nSPS) is 17.7. The maximum absolute atomic E-state index is 12.4. The van der Waals surface area contributed by atoms with Gasteiger partial charge in [0.15, 0.2) is 0 Å². The lowest BCUT2D eigenvalue weighted by atomic mass is 9.97. The second kappa shape index (κ2) is 9.08. The molecular formula is C26H30N4O. The van der Waals surface area contributed by atoms with Crippen LogP contribution in [0.25, 0.3) is 16.5 Å². The number of rotatable bonds is 6. The molecule has 160 valence electrons. The first-order valence-corrected chi connectivity index (χ1v) is 11.4. The average molecular weight is 415 g/mol. The Labute approximate surface area is 183 Å². The van der Waals surface area contributed by atoms with E-state index >= 15 is 0 Å². The SMILES string of the molecule is O=C(NN1CC=C(c2ccc3[nH]cc(CCN4CCCC4)c3c2)CC1)c1ccccc1. The zero-order chi connectivity index (χ0) is 21.0. The maximum atomic E-state index is 12.4. The van der Waals surface area contributed by atoms with E-state index in [1.807, 2.05) is 35.3 Å². The van der Waals surface area contributed by atoms with Crippen molar-refractivity contribution >= 4 is 22.4 Å². The molecule has 3 aromatic rings. The van der Waals surface area contributed by atoms with Crippen LogP contribution in [0.2, 0.25) is 0 Å². The first-order chi connectivity index (χ1) is 15.3. The van der Waals surface area contributed by atoms with Crippen LogP contribution in [-0.2, 0) is 6.42 Å². The zero-order valence-electron chi connectivity index (χ0n) is 17.9. The number of hydrogen-bond acceptors (Lipinski definition) is 3. The van der Waals surface area contributed by atoms with Crippen molar-refractivity contribution in [3.8, 4) is 0 Å². The number of benzene rings is 2. The first kappa shape index (κ1) is 20.0. The van der Waals surface area contributed by atoms with Gasteiger partial charge in [-0.2, -0.15) is 0 Å². The Hall–Kier alpha value is -2.89. The minimum atomic E-state index is -0.0474. The Morgan fingerprint density at radius 1 is 1.03 bits per heavy atom. The summed E-state index contributed by atoms with van der Waals surface area (Å²) < 4.78 is 0. The van der Waals surface area contributed by atoms with Gasteiger partial charge < -0.3 is 9.88 Å². The summed E-state index contributed by atoms with van der Waals surface area (Å²) in [7, 11) is 0. The molecule has 2 aromatic carbocycles. The third-order valence-electron chi connectivity index (χ3n) is 6.54. The number of H-pyrrole nitrogens is 1. The van der Waals surface area contributed by atoms with Crippen LogP contribution in [0.5, 0.6) is 0 Å². The number of carbonyl (C=O) groups excluding carboxylic acids is 1. The fourth-order valence-corrected chi connectivity index (χ4v) is 4.70. The van der Waals surface area contributed by atoms with Gasteiger partial charge in [0.05, 0.1) is 0 Å². The van der Waals surface area contributed by atoms with E-state index in [2.05, 4.69) is 45.8 Å². The van der Waals surface area contributed by atoms with Gasteiger partial charge in [0.2, 0.25) is 0 Å². The summed E-state index contributed by atoms with van der Waals surface area (Å²) in [4.78, 5) is 18.4. The summed E-state index contributed by atoms with van der Waals surface area (Å²) in [5.41, 5.74) is 9.00. The van der Waals surface area contributed by atoms with Gasteiger partial charge in [-0.25, -0.2) is 5.01 Å². The summed E-state index contributed by atoms with van der Waals surface area (Å²) in [5.74, 6) is -0.0474. The second-order valence-electron chi connectivity index (χ2n) is 8.61. The molecule has 3 heterocycles. The summed E-state index contributed by atoms with van der Waals surface area (Å²) in [6, 6.07) is 16.1. The molecule has 5 heteroatoms. The number of aromatic amines is 1. The third kappa shape index (κ3) is 4.58. The molecule has 5 rings (SSSR count). The van der Waals surface area contributed by atoms with Crippen LogP contribution in [0.4, 0.5) is 0 Å². The molecule has 1 aromatic heterocycles. The van der Waals surface area contributed by atoms with Gasteiger partial charge in [-0.05, 0) is 79.7 Å². The molecular weight excluding hydrogens is 384 g/mol. The van der Waals surface area contributed by atoms with E-state index in [-0.39, 0.29) is 5.91 Å². The number of nitrogens with one attached hydrogen (secondary N) is 2. The van der Waals surface area contributed by atoms with Gasteiger partial charge in [-0.1, -0.05) is 30.3 Å². The highest BCUT2D eigenvalue weighted by molar-refractivity contribution is 5.93. The molecule has 1 saturated heterocycles. The molecule has 0 atom stereocenters.